The summed E-state index contributed by atoms with van der Waals surface area (Å²) in [4.78, 5) is 2.31. The second-order valence-electron chi connectivity index (χ2n) is 4.11. The number of benzene rings is 2. The van der Waals surface area contributed by atoms with Crippen LogP contribution in [0.15, 0.2) is 52.3 Å². The van der Waals surface area contributed by atoms with Crippen molar-refractivity contribution in [1.82, 2.24) is 0 Å². The Bertz CT molecular complexity index is 568. The largest absolute Gasteiger partial charge is 0.388 e. The number of hydrogen-bond donors (Lipinski definition) is 1. The topological polar surface area (TPSA) is 20.2 Å². The van der Waals surface area contributed by atoms with E-state index in [0.717, 1.165) is 10.5 Å². The molecule has 0 saturated heterocycles. The lowest BCUT2D eigenvalue weighted by Gasteiger charge is -2.11. The van der Waals surface area contributed by atoms with Crippen molar-refractivity contribution in [2.24, 2.45) is 0 Å². The van der Waals surface area contributed by atoms with Gasteiger partial charge in [0.15, 0.2) is 0 Å². The van der Waals surface area contributed by atoms with Crippen LogP contribution in [0.3, 0.4) is 0 Å². The third kappa shape index (κ3) is 2.08. The fourth-order valence-electron chi connectivity index (χ4n) is 2.08. The second kappa shape index (κ2) is 4.37. The molecule has 3 heteroatoms. The molecule has 1 heterocycles. The summed E-state index contributed by atoms with van der Waals surface area (Å²) in [5.41, 5.74) is 2.12. The molecule has 0 spiro atoms. The van der Waals surface area contributed by atoms with E-state index in [4.69, 9.17) is 11.6 Å². The molecule has 0 aromatic heterocycles. The predicted molar refractivity (Wildman–Crippen MR) is 70.7 cm³/mol. The molecule has 0 unspecified atom stereocenters. The molecular formula is C14H11ClOS. The summed E-state index contributed by atoms with van der Waals surface area (Å²) in [6, 6.07) is 13.9. The van der Waals surface area contributed by atoms with Crippen LogP contribution in [0, 0.1) is 0 Å². The molecule has 2 aromatic rings. The van der Waals surface area contributed by atoms with Gasteiger partial charge in [0, 0.05) is 21.2 Å². The highest BCUT2D eigenvalue weighted by Crippen LogP contribution is 2.41. The SMILES string of the molecule is O[C@H]1Cc2ccccc2Sc2ccc(Cl)cc21. The van der Waals surface area contributed by atoms with Gasteiger partial charge in [0.05, 0.1) is 6.10 Å². The smallest absolute Gasteiger partial charge is 0.0842 e. The van der Waals surface area contributed by atoms with E-state index >= 15 is 0 Å². The van der Waals surface area contributed by atoms with Crippen LogP contribution in [-0.2, 0) is 6.42 Å². The molecule has 1 atom stereocenters. The van der Waals surface area contributed by atoms with Crippen molar-refractivity contribution in [1.29, 1.82) is 0 Å². The fraction of sp³-hybridized carbons (Fsp3) is 0.143. The predicted octanol–water partition coefficient (Wildman–Crippen LogP) is 4.08. The molecule has 1 nitrogen and oxygen atoms in total. The lowest BCUT2D eigenvalue weighted by Crippen LogP contribution is -2.01. The van der Waals surface area contributed by atoms with Gasteiger partial charge < -0.3 is 5.11 Å². The summed E-state index contributed by atoms with van der Waals surface area (Å²) in [6.07, 6.45) is 0.177. The minimum atomic E-state index is -0.472. The summed E-state index contributed by atoms with van der Waals surface area (Å²) >= 11 is 7.68. The number of halogens is 1. The molecule has 1 N–H and O–H groups in total. The summed E-state index contributed by atoms with van der Waals surface area (Å²) in [5, 5.41) is 10.9. The van der Waals surface area contributed by atoms with Gasteiger partial charge in [-0.2, -0.15) is 0 Å². The Balaban J connectivity index is 2.14. The van der Waals surface area contributed by atoms with E-state index in [2.05, 4.69) is 12.1 Å². The third-order valence-electron chi connectivity index (χ3n) is 2.94. The molecule has 0 amide bonds. The summed E-state index contributed by atoms with van der Waals surface area (Å²) in [6.45, 7) is 0. The van der Waals surface area contributed by atoms with Gasteiger partial charge in [0.2, 0.25) is 0 Å². The number of aliphatic hydroxyl groups excluding tert-OH is 1. The Morgan fingerprint density at radius 3 is 2.82 bits per heavy atom. The molecule has 1 aliphatic heterocycles. The van der Waals surface area contributed by atoms with E-state index in [1.165, 1.54) is 10.5 Å². The summed E-state index contributed by atoms with van der Waals surface area (Å²) in [5.74, 6) is 0. The van der Waals surface area contributed by atoms with Gasteiger partial charge in [-0.05, 0) is 35.4 Å². The van der Waals surface area contributed by atoms with Gasteiger partial charge >= 0.3 is 0 Å². The molecule has 0 fully saturated rings. The first kappa shape index (κ1) is 11.1. The molecule has 0 saturated carbocycles. The molecule has 2 aromatic carbocycles. The molecule has 0 bridgehead atoms. The molecule has 1 aliphatic rings. The molecule has 86 valence electrons. The van der Waals surface area contributed by atoms with Gasteiger partial charge in [0.1, 0.15) is 0 Å². The second-order valence-corrected chi connectivity index (χ2v) is 5.63. The van der Waals surface area contributed by atoms with Gasteiger partial charge in [-0.25, -0.2) is 0 Å². The highest BCUT2D eigenvalue weighted by molar-refractivity contribution is 7.99. The van der Waals surface area contributed by atoms with Crippen molar-refractivity contribution in [2.45, 2.75) is 22.3 Å². The first-order valence-corrected chi connectivity index (χ1v) is 6.67. The maximum absolute atomic E-state index is 10.2. The zero-order valence-corrected chi connectivity index (χ0v) is 10.6. The van der Waals surface area contributed by atoms with Crippen molar-refractivity contribution < 1.29 is 5.11 Å². The highest BCUT2D eigenvalue weighted by atomic mass is 35.5. The number of hydrogen-bond acceptors (Lipinski definition) is 2. The van der Waals surface area contributed by atoms with E-state index < -0.39 is 6.10 Å². The molecule has 17 heavy (non-hydrogen) atoms. The first-order valence-electron chi connectivity index (χ1n) is 5.47. The van der Waals surface area contributed by atoms with E-state index in [0.29, 0.717) is 11.4 Å². The van der Waals surface area contributed by atoms with Crippen molar-refractivity contribution in [3.05, 3.63) is 58.6 Å². The Morgan fingerprint density at radius 2 is 1.94 bits per heavy atom. The van der Waals surface area contributed by atoms with E-state index in [-0.39, 0.29) is 0 Å². The Labute approximate surface area is 109 Å². The monoisotopic (exact) mass is 262 g/mol. The van der Waals surface area contributed by atoms with Gasteiger partial charge in [-0.15, -0.1) is 0 Å². The normalized spacial score (nSPS) is 18.1. The Kier molecular flexibility index (Phi) is 2.87. The van der Waals surface area contributed by atoms with Crippen LogP contribution >= 0.6 is 23.4 Å². The maximum Gasteiger partial charge on any atom is 0.0842 e. The van der Waals surface area contributed by atoms with Crippen LogP contribution < -0.4 is 0 Å². The summed E-state index contributed by atoms with van der Waals surface area (Å²) in [7, 11) is 0. The van der Waals surface area contributed by atoms with Gasteiger partial charge in [-0.3, -0.25) is 0 Å². The zero-order valence-electron chi connectivity index (χ0n) is 9.06. The minimum Gasteiger partial charge on any atom is -0.388 e. The first-order chi connectivity index (χ1) is 8.24. The quantitative estimate of drug-likeness (QED) is 0.772. The van der Waals surface area contributed by atoms with Crippen molar-refractivity contribution >= 4 is 23.4 Å². The van der Waals surface area contributed by atoms with Crippen molar-refractivity contribution in [3.63, 3.8) is 0 Å². The van der Waals surface area contributed by atoms with Gasteiger partial charge in [0.25, 0.3) is 0 Å². The number of aliphatic hydroxyl groups is 1. The third-order valence-corrected chi connectivity index (χ3v) is 4.38. The molecule has 0 aliphatic carbocycles. The van der Waals surface area contributed by atoms with Crippen LogP contribution in [0.2, 0.25) is 5.02 Å². The fourth-order valence-corrected chi connectivity index (χ4v) is 3.38. The van der Waals surface area contributed by atoms with E-state index in [1.807, 2.05) is 30.3 Å². The van der Waals surface area contributed by atoms with Crippen LogP contribution in [0.4, 0.5) is 0 Å². The van der Waals surface area contributed by atoms with Gasteiger partial charge in [-0.1, -0.05) is 41.6 Å². The maximum atomic E-state index is 10.2. The molecule has 3 rings (SSSR count). The van der Waals surface area contributed by atoms with Crippen LogP contribution in [0.5, 0.6) is 0 Å². The van der Waals surface area contributed by atoms with Crippen LogP contribution in [-0.4, -0.2) is 5.11 Å². The lowest BCUT2D eigenvalue weighted by molar-refractivity contribution is 0.175. The average molecular weight is 263 g/mol. The van der Waals surface area contributed by atoms with E-state index in [1.54, 1.807) is 11.8 Å². The standard InChI is InChI=1S/C14H11ClOS/c15-10-5-6-14-11(8-10)12(16)7-9-3-1-2-4-13(9)17-14/h1-6,8,12,16H,7H2/t12-/m0/s1. The average Bonchev–Trinajstić information content (AvgIpc) is 2.46. The summed E-state index contributed by atoms with van der Waals surface area (Å²) < 4.78 is 0. The van der Waals surface area contributed by atoms with Crippen LogP contribution in [0.25, 0.3) is 0 Å². The Hall–Kier alpha value is -0.960. The van der Waals surface area contributed by atoms with Crippen molar-refractivity contribution in [3.8, 4) is 0 Å². The highest BCUT2D eigenvalue weighted by Gasteiger charge is 2.20. The lowest BCUT2D eigenvalue weighted by atomic mass is 10.0. The van der Waals surface area contributed by atoms with Crippen molar-refractivity contribution in [2.75, 3.05) is 0 Å². The zero-order chi connectivity index (χ0) is 11.8. The number of rotatable bonds is 0. The van der Waals surface area contributed by atoms with E-state index in [9.17, 15) is 5.11 Å². The number of fused-ring (bicyclic) bond motifs is 2. The minimum absolute atomic E-state index is 0.472. The Morgan fingerprint density at radius 1 is 1.12 bits per heavy atom. The molecule has 0 radical (unpaired) electrons. The van der Waals surface area contributed by atoms with Crippen LogP contribution in [0.1, 0.15) is 17.2 Å². The molecular weight excluding hydrogens is 252 g/mol.